The molecule has 0 aliphatic heterocycles. The summed E-state index contributed by atoms with van der Waals surface area (Å²) in [5.74, 6) is 0. The highest BCUT2D eigenvalue weighted by Crippen LogP contribution is 2.21. The van der Waals surface area contributed by atoms with Crippen LogP contribution in [-0.2, 0) is 0 Å². The van der Waals surface area contributed by atoms with Gasteiger partial charge in [-0.05, 0) is 37.5 Å². The Bertz CT molecular complexity index is 438. The normalized spacial score (nSPS) is 14.6. The molecule has 0 bridgehead atoms. The zero-order valence-corrected chi connectivity index (χ0v) is 10.8. The van der Waals surface area contributed by atoms with Crippen molar-refractivity contribution in [2.45, 2.75) is 26.8 Å². The first-order valence-corrected chi connectivity index (χ1v) is 5.74. The van der Waals surface area contributed by atoms with E-state index in [0.29, 0.717) is 0 Å². The minimum atomic E-state index is -0.0944. The van der Waals surface area contributed by atoms with Gasteiger partial charge in [0.25, 0.3) is 0 Å². The monoisotopic (exact) mass is 228 g/mol. The molecule has 0 aliphatic rings. The summed E-state index contributed by atoms with van der Waals surface area (Å²) < 4.78 is 0. The summed E-state index contributed by atoms with van der Waals surface area (Å²) in [4.78, 5) is 4.29. The smallest absolute Gasteiger partial charge is 0.0478 e. The van der Waals surface area contributed by atoms with Gasteiger partial charge < -0.3 is 5.73 Å². The van der Waals surface area contributed by atoms with Crippen LogP contribution in [-0.4, -0.2) is 6.21 Å². The van der Waals surface area contributed by atoms with E-state index in [4.69, 9.17) is 5.73 Å². The number of benzene rings is 1. The summed E-state index contributed by atoms with van der Waals surface area (Å²) in [6, 6.07) is 8.12. The summed E-state index contributed by atoms with van der Waals surface area (Å²) in [5.41, 5.74) is 10.3. The maximum Gasteiger partial charge on any atom is 0.0478 e. The number of hydrogen-bond acceptors (Lipinski definition) is 2. The molecule has 0 saturated heterocycles. The van der Waals surface area contributed by atoms with E-state index < -0.39 is 0 Å². The number of rotatable bonds is 4. The summed E-state index contributed by atoms with van der Waals surface area (Å²) in [7, 11) is 0. The van der Waals surface area contributed by atoms with Crippen LogP contribution in [0.2, 0.25) is 0 Å². The van der Waals surface area contributed by atoms with Crippen LogP contribution in [0.1, 0.15) is 37.9 Å². The Morgan fingerprint density at radius 2 is 1.88 bits per heavy atom. The first-order valence-electron chi connectivity index (χ1n) is 5.74. The van der Waals surface area contributed by atoms with E-state index in [2.05, 4.69) is 30.6 Å². The highest BCUT2D eigenvalue weighted by Gasteiger charge is 2.03. The van der Waals surface area contributed by atoms with Crippen molar-refractivity contribution in [1.29, 1.82) is 0 Å². The Morgan fingerprint density at radius 3 is 2.35 bits per heavy atom. The highest BCUT2D eigenvalue weighted by atomic mass is 14.7. The van der Waals surface area contributed by atoms with Gasteiger partial charge in [-0.1, -0.05) is 30.3 Å². The van der Waals surface area contributed by atoms with E-state index in [1.54, 1.807) is 12.3 Å². The van der Waals surface area contributed by atoms with Crippen LogP contribution in [0.25, 0.3) is 5.57 Å². The molecule has 2 heteroatoms. The summed E-state index contributed by atoms with van der Waals surface area (Å²) in [6.45, 7) is 9.70. The standard InChI is InChI=1S/C15H20N2/c1-5-15(16)14-9-7-13(8-10-14)11(3)12(4)17-6-2/h5-10,15H,1,16H2,2-4H3/b12-11+,17-6?. The van der Waals surface area contributed by atoms with E-state index in [1.165, 1.54) is 11.1 Å². The maximum atomic E-state index is 5.87. The van der Waals surface area contributed by atoms with Crippen LogP contribution in [0, 0.1) is 0 Å². The van der Waals surface area contributed by atoms with E-state index in [0.717, 1.165) is 11.3 Å². The molecule has 0 fully saturated rings. The summed E-state index contributed by atoms with van der Waals surface area (Å²) in [5, 5.41) is 0. The van der Waals surface area contributed by atoms with Crippen molar-refractivity contribution in [3.05, 3.63) is 53.7 Å². The third-order valence-corrected chi connectivity index (χ3v) is 2.85. The molecular weight excluding hydrogens is 208 g/mol. The van der Waals surface area contributed by atoms with Gasteiger partial charge in [-0.15, -0.1) is 6.58 Å². The molecule has 1 atom stereocenters. The fraction of sp³-hybridized carbons (Fsp3) is 0.267. The predicted octanol–water partition coefficient (Wildman–Crippen LogP) is 3.71. The molecule has 0 heterocycles. The SMILES string of the molecule is C=CC(N)c1ccc(/C(C)=C(\C)N=CC)cc1. The van der Waals surface area contributed by atoms with Gasteiger partial charge in [-0.25, -0.2) is 0 Å². The van der Waals surface area contributed by atoms with Crippen LogP contribution >= 0.6 is 0 Å². The lowest BCUT2D eigenvalue weighted by Crippen LogP contribution is -2.06. The van der Waals surface area contributed by atoms with Gasteiger partial charge in [-0.3, -0.25) is 4.99 Å². The predicted molar refractivity (Wildman–Crippen MR) is 76.0 cm³/mol. The minimum Gasteiger partial charge on any atom is -0.321 e. The summed E-state index contributed by atoms with van der Waals surface area (Å²) in [6.07, 6.45) is 3.55. The van der Waals surface area contributed by atoms with Crippen molar-refractivity contribution in [3.8, 4) is 0 Å². The quantitative estimate of drug-likeness (QED) is 0.619. The van der Waals surface area contributed by atoms with Crippen molar-refractivity contribution in [2.24, 2.45) is 10.7 Å². The number of nitrogens with two attached hydrogens (primary N) is 1. The maximum absolute atomic E-state index is 5.87. The molecule has 2 nitrogen and oxygen atoms in total. The highest BCUT2D eigenvalue weighted by molar-refractivity contribution is 5.69. The van der Waals surface area contributed by atoms with Gasteiger partial charge in [0.1, 0.15) is 0 Å². The molecule has 1 unspecified atom stereocenters. The first-order chi connectivity index (χ1) is 8.10. The lowest BCUT2D eigenvalue weighted by Gasteiger charge is -2.09. The second-order valence-electron chi connectivity index (χ2n) is 3.98. The fourth-order valence-corrected chi connectivity index (χ4v) is 1.59. The largest absolute Gasteiger partial charge is 0.321 e. The van der Waals surface area contributed by atoms with Gasteiger partial charge >= 0.3 is 0 Å². The molecule has 1 aromatic rings. The van der Waals surface area contributed by atoms with Crippen LogP contribution in [0.4, 0.5) is 0 Å². The van der Waals surface area contributed by atoms with E-state index in [9.17, 15) is 0 Å². The zero-order chi connectivity index (χ0) is 12.8. The molecule has 1 rings (SSSR count). The lowest BCUT2D eigenvalue weighted by atomic mass is 10.0. The Hall–Kier alpha value is -1.67. The molecule has 0 radical (unpaired) electrons. The fourth-order valence-electron chi connectivity index (χ4n) is 1.59. The topological polar surface area (TPSA) is 38.4 Å². The van der Waals surface area contributed by atoms with Crippen LogP contribution in [0.5, 0.6) is 0 Å². The van der Waals surface area contributed by atoms with Crippen molar-refractivity contribution < 1.29 is 0 Å². The van der Waals surface area contributed by atoms with Gasteiger partial charge in [0.2, 0.25) is 0 Å². The van der Waals surface area contributed by atoms with Crippen molar-refractivity contribution in [3.63, 3.8) is 0 Å². The van der Waals surface area contributed by atoms with E-state index >= 15 is 0 Å². The number of aliphatic imine (C=N–C) groups is 1. The molecule has 0 aliphatic carbocycles. The van der Waals surface area contributed by atoms with Gasteiger partial charge in [0, 0.05) is 18.0 Å². The molecule has 0 amide bonds. The summed E-state index contributed by atoms with van der Waals surface area (Å²) >= 11 is 0. The Kier molecular flexibility index (Phi) is 4.85. The number of nitrogens with zero attached hydrogens (tertiary/aromatic N) is 1. The average Bonchev–Trinajstić information content (AvgIpc) is 2.37. The third-order valence-electron chi connectivity index (χ3n) is 2.85. The molecule has 0 aromatic heterocycles. The van der Waals surface area contributed by atoms with Crippen LogP contribution in [0.3, 0.4) is 0 Å². The Labute approximate surface area is 104 Å². The molecule has 0 spiro atoms. The van der Waals surface area contributed by atoms with Crippen LogP contribution in [0.15, 0.2) is 47.6 Å². The van der Waals surface area contributed by atoms with Crippen LogP contribution < -0.4 is 5.73 Å². The van der Waals surface area contributed by atoms with E-state index in [1.807, 2.05) is 26.0 Å². The van der Waals surface area contributed by atoms with Gasteiger partial charge in [0.15, 0.2) is 0 Å². The zero-order valence-electron chi connectivity index (χ0n) is 10.8. The van der Waals surface area contributed by atoms with Crippen molar-refractivity contribution in [1.82, 2.24) is 0 Å². The molecule has 1 aromatic carbocycles. The molecule has 0 saturated carbocycles. The molecule has 2 N–H and O–H groups in total. The minimum absolute atomic E-state index is 0.0944. The third kappa shape index (κ3) is 3.40. The average molecular weight is 228 g/mol. The van der Waals surface area contributed by atoms with E-state index in [-0.39, 0.29) is 6.04 Å². The Morgan fingerprint density at radius 1 is 1.29 bits per heavy atom. The van der Waals surface area contributed by atoms with Crippen molar-refractivity contribution in [2.75, 3.05) is 0 Å². The first kappa shape index (κ1) is 13.4. The molecule has 17 heavy (non-hydrogen) atoms. The second kappa shape index (κ2) is 6.16. The van der Waals surface area contributed by atoms with Gasteiger partial charge in [0.05, 0.1) is 0 Å². The number of hydrogen-bond donors (Lipinski definition) is 1. The molecule has 90 valence electrons. The second-order valence-corrected chi connectivity index (χ2v) is 3.98. The number of allylic oxidation sites excluding steroid dienone is 2. The van der Waals surface area contributed by atoms with Crippen molar-refractivity contribution >= 4 is 11.8 Å². The van der Waals surface area contributed by atoms with Gasteiger partial charge in [-0.2, -0.15) is 0 Å². The molecular formula is C15H20N2. The lowest BCUT2D eigenvalue weighted by molar-refractivity contribution is 0.914. The Balaban J connectivity index is 3.03.